The zero-order valence-corrected chi connectivity index (χ0v) is 8.77. The quantitative estimate of drug-likeness (QED) is 0.685. The van der Waals surface area contributed by atoms with E-state index in [0.29, 0.717) is 0 Å². The third-order valence-electron chi connectivity index (χ3n) is 3.14. The molecule has 3 atom stereocenters. The van der Waals surface area contributed by atoms with Crippen molar-refractivity contribution in [2.24, 2.45) is 11.8 Å². The number of nitrogens with one attached hydrogen (secondary N) is 1. The highest BCUT2D eigenvalue weighted by Gasteiger charge is 2.19. The summed E-state index contributed by atoms with van der Waals surface area (Å²) in [6, 6.07) is 0.809. The minimum Gasteiger partial charge on any atom is -0.314 e. The van der Waals surface area contributed by atoms with Crippen LogP contribution in [0.1, 0.15) is 46.5 Å². The van der Waals surface area contributed by atoms with Crippen LogP contribution in [0, 0.1) is 11.8 Å². The lowest BCUT2D eigenvalue weighted by atomic mass is 9.88. The molecule has 1 heteroatoms. The highest BCUT2D eigenvalue weighted by atomic mass is 14.9. The lowest BCUT2D eigenvalue weighted by molar-refractivity contribution is 0.279. The SMILES string of the molecule is CCC(C)CC1CC(C)CCN1. The van der Waals surface area contributed by atoms with Crippen LogP contribution < -0.4 is 5.32 Å². The molecule has 0 aromatic carbocycles. The van der Waals surface area contributed by atoms with E-state index in [1.165, 1.54) is 32.2 Å². The van der Waals surface area contributed by atoms with Gasteiger partial charge in [0.15, 0.2) is 0 Å². The van der Waals surface area contributed by atoms with E-state index in [1.54, 1.807) is 0 Å². The molecule has 0 saturated carbocycles. The Labute approximate surface area is 76.9 Å². The summed E-state index contributed by atoms with van der Waals surface area (Å²) < 4.78 is 0. The molecule has 0 aliphatic carbocycles. The molecular weight excluding hydrogens is 146 g/mol. The highest BCUT2D eigenvalue weighted by molar-refractivity contribution is 4.77. The fourth-order valence-corrected chi connectivity index (χ4v) is 2.05. The molecule has 0 amide bonds. The second-order valence-corrected chi connectivity index (χ2v) is 4.53. The van der Waals surface area contributed by atoms with Gasteiger partial charge in [-0.3, -0.25) is 0 Å². The lowest BCUT2D eigenvalue weighted by Gasteiger charge is -2.29. The highest BCUT2D eigenvalue weighted by Crippen LogP contribution is 2.20. The first-order valence-electron chi connectivity index (χ1n) is 5.45. The third-order valence-corrected chi connectivity index (χ3v) is 3.14. The Kier molecular flexibility index (Phi) is 4.07. The van der Waals surface area contributed by atoms with Crippen molar-refractivity contribution < 1.29 is 0 Å². The van der Waals surface area contributed by atoms with E-state index in [4.69, 9.17) is 0 Å². The predicted octanol–water partition coefficient (Wildman–Crippen LogP) is 2.81. The van der Waals surface area contributed by atoms with Crippen molar-refractivity contribution in [1.29, 1.82) is 0 Å². The first kappa shape index (κ1) is 10.0. The van der Waals surface area contributed by atoms with E-state index in [1.807, 2.05) is 0 Å². The molecule has 1 aliphatic heterocycles. The van der Waals surface area contributed by atoms with Crippen LogP contribution in [0.4, 0.5) is 0 Å². The lowest BCUT2D eigenvalue weighted by Crippen LogP contribution is -2.38. The van der Waals surface area contributed by atoms with E-state index in [2.05, 4.69) is 26.1 Å². The van der Waals surface area contributed by atoms with Crippen LogP contribution in [0.5, 0.6) is 0 Å². The molecule has 0 aromatic heterocycles. The molecular formula is C11H23N. The van der Waals surface area contributed by atoms with E-state index in [9.17, 15) is 0 Å². The van der Waals surface area contributed by atoms with Gasteiger partial charge in [0.05, 0.1) is 0 Å². The van der Waals surface area contributed by atoms with Crippen molar-refractivity contribution >= 4 is 0 Å². The normalized spacial score (nSPS) is 33.2. The zero-order valence-electron chi connectivity index (χ0n) is 8.77. The smallest absolute Gasteiger partial charge is 0.00721 e. The molecule has 0 bridgehead atoms. The Morgan fingerprint density at radius 1 is 1.50 bits per heavy atom. The molecule has 1 nitrogen and oxygen atoms in total. The average Bonchev–Trinajstić information content (AvgIpc) is 2.04. The maximum atomic E-state index is 3.61. The van der Waals surface area contributed by atoms with Gasteiger partial charge in [0.1, 0.15) is 0 Å². The van der Waals surface area contributed by atoms with E-state index < -0.39 is 0 Å². The van der Waals surface area contributed by atoms with Crippen molar-refractivity contribution in [2.75, 3.05) is 6.54 Å². The van der Waals surface area contributed by atoms with E-state index >= 15 is 0 Å². The van der Waals surface area contributed by atoms with Gasteiger partial charge in [0, 0.05) is 6.04 Å². The van der Waals surface area contributed by atoms with E-state index in [-0.39, 0.29) is 0 Å². The van der Waals surface area contributed by atoms with Gasteiger partial charge in [0.25, 0.3) is 0 Å². The van der Waals surface area contributed by atoms with Crippen molar-refractivity contribution in [3.8, 4) is 0 Å². The summed E-state index contributed by atoms with van der Waals surface area (Å²) >= 11 is 0. The summed E-state index contributed by atoms with van der Waals surface area (Å²) in [5, 5.41) is 3.61. The molecule has 72 valence electrons. The molecule has 1 N–H and O–H groups in total. The van der Waals surface area contributed by atoms with Gasteiger partial charge >= 0.3 is 0 Å². The van der Waals surface area contributed by atoms with Crippen LogP contribution in [0.2, 0.25) is 0 Å². The summed E-state index contributed by atoms with van der Waals surface area (Å²) in [4.78, 5) is 0. The number of piperidine rings is 1. The van der Waals surface area contributed by atoms with Crippen LogP contribution in [0.15, 0.2) is 0 Å². The second kappa shape index (κ2) is 4.86. The minimum absolute atomic E-state index is 0.809. The minimum atomic E-state index is 0.809. The molecule has 1 aliphatic rings. The van der Waals surface area contributed by atoms with Gasteiger partial charge in [-0.25, -0.2) is 0 Å². The number of hydrogen-bond donors (Lipinski definition) is 1. The fraction of sp³-hybridized carbons (Fsp3) is 1.00. The predicted molar refractivity (Wildman–Crippen MR) is 54.3 cm³/mol. The van der Waals surface area contributed by atoms with E-state index in [0.717, 1.165) is 17.9 Å². The zero-order chi connectivity index (χ0) is 8.97. The molecule has 0 spiro atoms. The molecule has 0 aromatic rings. The third kappa shape index (κ3) is 3.14. The summed E-state index contributed by atoms with van der Waals surface area (Å²) in [5.41, 5.74) is 0. The molecule has 3 unspecified atom stereocenters. The average molecular weight is 169 g/mol. The summed E-state index contributed by atoms with van der Waals surface area (Å²) in [6.07, 6.45) is 5.47. The van der Waals surface area contributed by atoms with Crippen LogP contribution in [0.3, 0.4) is 0 Å². The van der Waals surface area contributed by atoms with Crippen molar-refractivity contribution in [3.05, 3.63) is 0 Å². The molecule has 1 rings (SSSR count). The molecule has 0 radical (unpaired) electrons. The fourth-order valence-electron chi connectivity index (χ4n) is 2.05. The Bertz CT molecular complexity index is 122. The molecule has 1 heterocycles. The van der Waals surface area contributed by atoms with Crippen LogP contribution in [-0.2, 0) is 0 Å². The summed E-state index contributed by atoms with van der Waals surface area (Å²) in [5.74, 6) is 1.84. The largest absolute Gasteiger partial charge is 0.314 e. The van der Waals surface area contributed by atoms with Gasteiger partial charge in [0.2, 0.25) is 0 Å². The second-order valence-electron chi connectivity index (χ2n) is 4.53. The maximum Gasteiger partial charge on any atom is 0.00721 e. The molecule has 1 fully saturated rings. The van der Waals surface area contributed by atoms with Crippen LogP contribution >= 0.6 is 0 Å². The summed E-state index contributed by atoms with van der Waals surface area (Å²) in [7, 11) is 0. The van der Waals surface area contributed by atoms with Gasteiger partial charge in [-0.15, -0.1) is 0 Å². The Hall–Kier alpha value is -0.0400. The van der Waals surface area contributed by atoms with Crippen LogP contribution in [0.25, 0.3) is 0 Å². The number of rotatable bonds is 3. The first-order chi connectivity index (χ1) is 5.72. The van der Waals surface area contributed by atoms with Crippen molar-refractivity contribution in [3.63, 3.8) is 0 Å². The van der Waals surface area contributed by atoms with Crippen molar-refractivity contribution in [1.82, 2.24) is 5.32 Å². The summed E-state index contributed by atoms with van der Waals surface area (Å²) in [6.45, 7) is 8.27. The maximum absolute atomic E-state index is 3.61. The molecule has 1 saturated heterocycles. The molecule has 12 heavy (non-hydrogen) atoms. The Morgan fingerprint density at radius 2 is 2.25 bits per heavy atom. The topological polar surface area (TPSA) is 12.0 Å². The Balaban J connectivity index is 2.22. The van der Waals surface area contributed by atoms with Crippen LogP contribution in [-0.4, -0.2) is 12.6 Å². The van der Waals surface area contributed by atoms with Gasteiger partial charge in [-0.2, -0.15) is 0 Å². The van der Waals surface area contributed by atoms with Gasteiger partial charge in [-0.1, -0.05) is 27.2 Å². The van der Waals surface area contributed by atoms with Gasteiger partial charge in [-0.05, 0) is 37.6 Å². The Morgan fingerprint density at radius 3 is 2.83 bits per heavy atom. The standard InChI is InChI=1S/C11H23N/c1-4-9(2)7-11-8-10(3)5-6-12-11/h9-12H,4-8H2,1-3H3. The monoisotopic (exact) mass is 169 g/mol. The number of hydrogen-bond acceptors (Lipinski definition) is 1. The first-order valence-corrected chi connectivity index (χ1v) is 5.45. The van der Waals surface area contributed by atoms with Gasteiger partial charge < -0.3 is 5.32 Å². The van der Waals surface area contributed by atoms with Crippen molar-refractivity contribution in [2.45, 2.75) is 52.5 Å².